The maximum absolute atomic E-state index is 13.8. The molecule has 6 heteroatoms. The van der Waals surface area contributed by atoms with Crippen molar-refractivity contribution in [2.75, 3.05) is 14.2 Å². The van der Waals surface area contributed by atoms with Crippen molar-refractivity contribution in [2.24, 2.45) is 4.99 Å². The van der Waals surface area contributed by atoms with Gasteiger partial charge in [-0.1, -0.05) is 59.9 Å². The van der Waals surface area contributed by atoms with E-state index >= 15 is 0 Å². The van der Waals surface area contributed by atoms with Crippen molar-refractivity contribution in [1.82, 2.24) is 4.57 Å². The van der Waals surface area contributed by atoms with Crippen molar-refractivity contribution in [3.63, 3.8) is 0 Å². The van der Waals surface area contributed by atoms with Gasteiger partial charge in [-0.3, -0.25) is 9.36 Å². The third kappa shape index (κ3) is 3.70. The van der Waals surface area contributed by atoms with Crippen LogP contribution in [-0.4, -0.2) is 18.8 Å². The Hall–Kier alpha value is -3.90. The van der Waals surface area contributed by atoms with Crippen molar-refractivity contribution in [3.05, 3.63) is 120 Å². The van der Waals surface area contributed by atoms with Gasteiger partial charge in [-0.25, -0.2) is 4.99 Å². The lowest BCUT2D eigenvalue weighted by molar-refractivity contribution is 0.414. The summed E-state index contributed by atoms with van der Waals surface area (Å²) in [6.45, 7) is 0. The van der Waals surface area contributed by atoms with Gasteiger partial charge < -0.3 is 9.47 Å². The van der Waals surface area contributed by atoms with Crippen LogP contribution in [0.2, 0.25) is 0 Å². The van der Waals surface area contributed by atoms with E-state index in [0.29, 0.717) is 4.53 Å². The maximum Gasteiger partial charge on any atom is 0.271 e. The molecule has 1 atom stereocenters. The fourth-order valence-electron chi connectivity index (χ4n) is 4.96. The summed E-state index contributed by atoms with van der Waals surface area (Å²) < 4.78 is 13.2. The van der Waals surface area contributed by atoms with E-state index in [2.05, 4.69) is 36.4 Å². The first-order valence-corrected chi connectivity index (χ1v) is 12.4. The van der Waals surface area contributed by atoms with Crippen LogP contribution in [0.5, 0.6) is 11.5 Å². The molecule has 5 nitrogen and oxygen atoms in total. The summed E-state index contributed by atoms with van der Waals surface area (Å²) in [4.78, 5) is 19.6. The first-order valence-electron chi connectivity index (χ1n) is 11.6. The predicted molar refractivity (Wildman–Crippen MR) is 139 cm³/mol. The molecule has 1 aromatic heterocycles. The third-order valence-corrected chi connectivity index (χ3v) is 7.70. The lowest BCUT2D eigenvalue weighted by Crippen LogP contribution is -2.38. The van der Waals surface area contributed by atoms with Crippen LogP contribution in [0.4, 0.5) is 0 Å². The third-order valence-electron chi connectivity index (χ3n) is 6.72. The van der Waals surface area contributed by atoms with Gasteiger partial charge in [0.15, 0.2) is 4.80 Å². The second-order valence-electron chi connectivity index (χ2n) is 8.66. The molecule has 0 radical (unpaired) electrons. The number of ether oxygens (including phenoxy) is 2. The quantitative estimate of drug-likeness (QED) is 0.437. The largest absolute Gasteiger partial charge is 0.497 e. The first kappa shape index (κ1) is 21.6. The monoisotopic (exact) mass is 480 g/mol. The fraction of sp³-hybridized carbons (Fsp3) is 0.172. The Morgan fingerprint density at radius 3 is 2.31 bits per heavy atom. The Kier molecular flexibility index (Phi) is 5.38. The van der Waals surface area contributed by atoms with Crippen molar-refractivity contribution in [1.29, 1.82) is 0 Å². The van der Waals surface area contributed by atoms with Gasteiger partial charge in [0.2, 0.25) is 0 Å². The van der Waals surface area contributed by atoms with Crippen LogP contribution in [0.15, 0.2) is 88.2 Å². The van der Waals surface area contributed by atoms with Gasteiger partial charge in [-0.05, 0) is 65.4 Å². The summed E-state index contributed by atoms with van der Waals surface area (Å²) in [7, 11) is 3.31. The molecule has 174 valence electrons. The average Bonchev–Trinajstić information content (AvgIpc) is 3.22. The lowest BCUT2D eigenvalue weighted by atomic mass is 9.83. The first-order chi connectivity index (χ1) is 17.2. The molecule has 3 aromatic carbocycles. The highest BCUT2D eigenvalue weighted by Crippen LogP contribution is 2.41. The minimum Gasteiger partial charge on any atom is -0.497 e. The summed E-state index contributed by atoms with van der Waals surface area (Å²) in [6, 6.07) is 24.0. The molecule has 1 aliphatic heterocycles. The SMILES string of the molecule is COc1ccc(C=c2sc3n(c2=O)C(c2ccc(OC)cc2)C2=C(N=3)c3ccccc3CC2)cc1. The highest BCUT2D eigenvalue weighted by molar-refractivity contribution is 7.07. The number of aryl methyl sites for hydroxylation is 1. The maximum atomic E-state index is 13.8. The van der Waals surface area contributed by atoms with Gasteiger partial charge in [0.1, 0.15) is 11.5 Å². The molecule has 0 saturated heterocycles. The van der Waals surface area contributed by atoms with E-state index in [1.54, 1.807) is 14.2 Å². The van der Waals surface area contributed by atoms with Crippen LogP contribution in [0.1, 0.15) is 34.7 Å². The summed E-state index contributed by atoms with van der Waals surface area (Å²) in [5.41, 5.74) is 6.66. The Balaban J connectivity index is 1.58. The molecule has 0 bridgehead atoms. The van der Waals surface area contributed by atoms with E-state index in [0.717, 1.165) is 46.0 Å². The van der Waals surface area contributed by atoms with Crippen molar-refractivity contribution < 1.29 is 9.47 Å². The minimum absolute atomic E-state index is 0.0178. The fourth-order valence-corrected chi connectivity index (χ4v) is 5.96. The van der Waals surface area contributed by atoms with Crippen molar-refractivity contribution in [2.45, 2.75) is 18.9 Å². The van der Waals surface area contributed by atoms with Gasteiger partial charge in [0.25, 0.3) is 5.56 Å². The van der Waals surface area contributed by atoms with Gasteiger partial charge in [-0.15, -0.1) is 0 Å². The van der Waals surface area contributed by atoms with Crippen LogP contribution in [0, 0.1) is 0 Å². The number of hydrogen-bond acceptors (Lipinski definition) is 5. The van der Waals surface area contributed by atoms with Gasteiger partial charge >= 0.3 is 0 Å². The summed E-state index contributed by atoms with van der Waals surface area (Å²) in [6.07, 6.45) is 3.74. The van der Waals surface area contributed by atoms with Crippen LogP contribution in [0.25, 0.3) is 11.8 Å². The molecule has 35 heavy (non-hydrogen) atoms. The van der Waals surface area contributed by atoms with Gasteiger partial charge in [0, 0.05) is 5.56 Å². The molecule has 2 heterocycles. The normalized spacial score (nSPS) is 16.7. The highest BCUT2D eigenvalue weighted by atomic mass is 32.1. The molecular formula is C29H24N2O3S. The zero-order valence-electron chi connectivity index (χ0n) is 19.5. The van der Waals surface area contributed by atoms with Crippen molar-refractivity contribution >= 4 is 23.1 Å². The van der Waals surface area contributed by atoms with E-state index < -0.39 is 0 Å². The summed E-state index contributed by atoms with van der Waals surface area (Å²) >= 11 is 1.44. The Labute approximate surface area is 206 Å². The Morgan fingerprint density at radius 2 is 1.60 bits per heavy atom. The van der Waals surface area contributed by atoms with E-state index in [-0.39, 0.29) is 11.6 Å². The molecule has 1 aliphatic carbocycles. The number of allylic oxidation sites excluding steroid dienone is 1. The number of thiazole rings is 1. The molecule has 0 spiro atoms. The standard InChI is InChI=1S/C29H24N2O3S/c1-33-21-12-7-18(8-13-21)17-25-28(32)31-27(20-9-14-22(34-2)15-10-20)24-16-11-19-5-3-4-6-23(19)26(24)30-29(31)35-25/h3-10,12-15,17,27H,11,16H2,1-2H3. The second-order valence-corrected chi connectivity index (χ2v) is 9.67. The van der Waals surface area contributed by atoms with Crippen LogP contribution >= 0.6 is 11.3 Å². The molecular weight excluding hydrogens is 456 g/mol. The van der Waals surface area contributed by atoms with Crippen molar-refractivity contribution in [3.8, 4) is 11.5 Å². The van der Waals surface area contributed by atoms with E-state index in [9.17, 15) is 4.79 Å². The number of nitrogens with zero attached hydrogens (tertiary/aromatic N) is 2. The smallest absolute Gasteiger partial charge is 0.271 e. The molecule has 4 aromatic rings. The number of aromatic nitrogens is 1. The van der Waals surface area contributed by atoms with E-state index in [1.807, 2.05) is 47.0 Å². The van der Waals surface area contributed by atoms with Crippen LogP contribution in [0.3, 0.4) is 0 Å². The van der Waals surface area contributed by atoms with Crippen LogP contribution < -0.4 is 24.4 Å². The average molecular weight is 481 g/mol. The van der Waals surface area contributed by atoms with Gasteiger partial charge in [0.05, 0.1) is 30.5 Å². The molecule has 6 rings (SSSR count). The Bertz CT molecular complexity index is 1630. The summed E-state index contributed by atoms with van der Waals surface area (Å²) in [5, 5.41) is 0. The number of hydrogen-bond donors (Lipinski definition) is 0. The molecule has 0 saturated carbocycles. The topological polar surface area (TPSA) is 52.8 Å². The Morgan fingerprint density at radius 1 is 0.914 bits per heavy atom. The van der Waals surface area contributed by atoms with Gasteiger partial charge in [-0.2, -0.15) is 0 Å². The molecule has 0 amide bonds. The lowest BCUT2D eigenvalue weighted by Gasteiger charge is -2.30. The molecule has 1 unspecified atom stereocenters. The molecule has 0 fully saturated rings. The molecule has 2 aliphatic rings. The number of rotatable bonds is 4. The van der Waals surface area contributed by atoms with E-state index in [4.69, 9.17) is 14.5 Å². The highest BCUT2D eigenvalue weighted by Gasteiger charge is 2.32. The zero-order chi connectivity index (χ0) is 23.9. The zero-order valence-corrected chi connectivity index (χ0v) is 20.3. The number of fused-ring (bicyclic) bond motifs is 3. The molecule has 0 N–H and O–H groups in total. The van der Waals surface area contributed by atoms with E-state index in [1.165, 1.54) is 28.0 Å². The minimum atomic E-state index is -0.196. The van der Waals surface area contributed by atoms with Crippen LogP contribution in [-0.2, 0) is 6.42 Å². The predicted octanol–water partition coefficient (Wildman–Crippen LogP) is 4.34. The second kappa shape index (κ2) is 8.71. The number of benzene rings is 3. The summed E-state index contributed by atoms with van der Waals surface area (Å²) in [5.74, 6) is 1.58. The number of methoxy groups -OCH3 is 2.